The highest BCUT2D eigenvalue weighted by molar-refractivity contribution is 5.52. The standard InChI is InChI=1S/C7H7NO2/c9-6-8-4-3-7-2-1-5-10-7/h1-6H,(H,8,9). The summed E-state index contributed by atoms with van der Waals surface area (Å²) in [6, 6.07) is 3.57. The van der Waals surface area contributed by atoms with Gasteiger partial charge in [-0.05, 0) is 18.2 Å². The zero-order valence-corrected chi connectivity index (χ0v) is 5.28. The van der Waals surface area contributed by atoms with Crippen LogP contribution in [0.15, 0.2) is 29.0 Å². The third kappa shape index (κ3) is 1.78. The van der Waals surface area contributed by atoms with E-state index in [9.17, 15) is 4.79 Å². The second-order valence-corrected chi connectivity index (χ2v) is 1.63. The van der Waals surface area contributed by atoms with E-state index in [1.165, 1.54) is 6.20 Å². The smallest absolute Gasteiger partial charge is 0.211 e. The minimum absolute atomic E-state index is 0.597. The topological polar surface area (TPSA) is 42.2 Å². The van der Waals surface area contributed by atoms with Gasteiger partial charge in [0.05, 0.1) is 6.26 Å². The van der Waals surface area contributed by atoms with Gasteiger partial charge in [0.25, 0.3) is 0 Å². The Bertz CT molecular complexity index is 214. The number of furan rings is 1. The molecule has 3 heteroatoms. The Hall–Kier alpha value is -1.51. The molecule has 0 saturated carbocycles. The Morgan fingerprint density at radius 3 is 3.10 bits per heavy atom. The van der Waals surface area contributed by atoms with E-state index >= 15 is 0 Å². The van der Waals surface area contributed by atoms with Crippen LogP contribution in [0, 0.1) is 0 Å². The number of rotatable bonds is 3. The molecule has 0 aliphatic carbocycles. The second kappa shape index (κ2) is 3.50. The van der Waals surface area contributed by atoms with E-state index in [4.69, 9.17) is 4.42 Å². The minimum Gasteiger partial charge on any atom is -0.465 e. The van der Waals surface area contributed by atoms with E-state index < -0.39 is 0 Å². The van der Waals surface area contributed by atoms with Crippen molar-refractivity contribution in [2.45, 2.75) is 0 Å². The fraction of sp³-hybridized carbons (Fsp3) is 0. The molecule has 0 spiro atoms. The quantitative estimate of drug-likeness (QED) is 0.631. The van der Waals surface area contributed by atoms with Crippen LogP contribution >= 0.6 is 0 Å². The van der Waals surface area contributed by atoms with Gasteiger partial charge in [-0.2, -0.15) is 0 Å². The Balaban J connectivity index is 2.47. The third-order valence-corrected chi connectivity index (χ3v) is 0.955. The molecule has 10 heavy (non-hydrogen) atoms. The third-order valence-electron chi connectivity index (χ3n) is 0.955. The number of nitrogens with one attached hydrogen (secondary N) is 1. The molecule has 0 atom stereocenters. The van der Waals surface area contributed by atoms with Crippen molar-refractivity contribution in [1.29, 1.82) is 0 Å². The molecular weight excluding hydrogens is 130 g/mol. The van der Waals surface area contributed by atoms with E-state index in [-0.39, 0.29) is 0 Å². The maximum Gasteiger partial charge on any atom is 0.211 e. The van der Waals surface area contributed by atoms with E-state index in [1.54, 1.807) is 24.5 Å². The largest absolute Gasteiger partial charge is 0.465 e. The van der Waals surface area contributed by atoms with Crippen molar-refractivity contribution < 1.29 is 9.21 Å². The molecule has 0 aliphatic heterocycles. The van der Waals surface area contributed by atoms with Crippen molar-refractivity contribution in [2.24, 2.45) is 0 Å². The van der Waals surface area contributed by atoms with Crippen LogP contribution in [0.25, 0.3) is 6.08 Å². The fourth-order valence-corrected chi connectivity index (χ4v) is 0.556. The van der Waals surface area contributed by atoms with Crippen molar-refractivity contribution in [3.8, 4) is 0 Å². The highest BCUT2D eigenvalue weighted by atomic mass is 16.3. The summed E-state index contributed by atoms with van der Waals surface area (Å²) in [6.45, 7) is 0. The van der Waals surface area contributed by atoms with Crippen molar-refractivity contribution in [2.75, 3.05) is 0 Å². The minimum atomic E-state index is 0.597. The van der Waals surface area contributed by atoms with Crippen molar-refractivity contribution in [1.82, 2.24) is 5.32 Å². The lowest BCUT2D eigenvalue weighted by Crippen LogP contribution is -1.97. The SMILES string of the molecule is O=CNC=Cc1ccco1. The highest BCUT2D eigenvalue weighted by Crippen LogP contribution is 2.00. The summed E-state index contributed by atoms with van der Waals surface area (Å²) in [7, 11) is 0. The molecule has 0 unspecified atom stereocenters. The molecule has 0 aromatic carbocycles. The zero-order valence-electron chi connectivity index (χ0n) is 5.28. The maximum absolute atomic E-state index is 9.74. The van der Waals surface area contributed by atoms with Gasteiger partial charge in [-0.15, -0.1) is 0 Å². The van der Waals surface area contributed by atoms with Gasteiger partial charge in [0.2, 0.25) is 6.41 Å². The van der Waals surface area contributed by atoms with Crippen LogP contribution in [0.5, 0.6) is 0 Å². The predicted octanol–water partition coefficient (Wildman–Crippen LogP) is 0.996. The van der Waals surface area contributed by atoms with Gasteiger partial charge in [-0.25, -0.2) is 0 Å². The summed E-state index contributed by atoms with van der Waals surface area (Å²) < 4.78 is 4.94. The molecule has 0 saturated heterocycles. The Kier molecular flexibility index (Phi) is 2.31. The first-order valence-electron chi connectivity index (χ1n) is 2.83. The van der Waals surface area contributed by atoms with Gasteiger partial charge >= 0.3 is 0 Å². The Labute approximate surface area is 58.3 Å². The normalized spacial score (nSPS) is 10.0. The number of amides is 1. The monoisotopic (exact) mass is 137 g/mol. The molecule has 1 amide bonds. The van der Waals surface area contributed by atoms with Gasteiger partial charge in [-0.3, -0.25) is 4.79 Å². The molecule has 0 fully saturated rings. The van der Waals surface area contributed by atoms with E-state index in [2.05, 4.69) is 5.32 Å². The molecule has 52 valence electrons. The van der Waals surface area contributed by atoms with Crippen molar-refractivity contribution in [3.63, 3.8) is 0 Å². The van der Waals surface area contributed by atoms with Gasteiger partial charge in [-0.1, -0.05) is 0 Å². The lowest BCUT2D eigenvalue weighted by Gasteiger charge is -1.82. The lowest BCUT2D eigenvalue weighted by atomic mass is 10.4. The average Bonchev–Trinajstić information content (AvgIpc) is 2.41. The van der Waals surface area contributed by atoms with Crippen LogP contribution < -0.4 is 5.32 Å². The van der Waals surface area contributed by atoms with Crippen LogP contribution in [0.2, 0.25) is 0 Å². The van der Waals surface area contributed by atoms with Crippen LogP contribution in [0.3, 0.4) is 0 Å². The summed E-state index contributed by atoms with van der Waals surface area (Å²) in [5.74, 6) is 0.717. The number of carbonyl (C=O) groups excluding carboxylic acids is 1. The van der Waals surface area contributed by atoms with Gasteiger partial charge in [0.1, 0.15) is 5.76 Å². The lowest BCUT2D eigenvalue weighted by molar-refractivity contribution is -0.108. The number of hydrogen-bond donors (Lipinski definition) is 1. The molecule has 0 bridgehead atoms. The summed E-state index contributed by atoms with van der Waals surface area (Å²) in [6.07, 6.45) is 5.33. The molecule has 0 aliphatic rings. The molecule has 1 aromatic rings. The van der Waals surface area contributed by atoms with E-state index in [1.807, 2.05) is 0 Å². The zero-order chi connectivity index (χ0) is 7.23. The van der Waals surface area contributed by atoms with Gasteiger partial charge in [0.15, 0.2) is 0 Å². The summed E-state index contributed by atoms with van der Waals surface area (Å²) >= 11 is 0. The number of carbonyl (C=O) groups is 1. The van der Waals surface area contributed by atoms with Gasteiger partial charge < -0.3 is 9.73 Å². The second-order valence-electron chi connectivity index (χ2n) is 1.63. The van der Waals surface area contributed by atoms with Crippen LogP contribution in [0.1, 0.15) is 5.76 Å². The molecule has 0 radical (unpaired) electrons. The van der Waals surface area contributed by atoms with Gasteiger partial charge in [0, 0.05) is 6.20 Å². The Morgan fingerprint density at radius 2 is 2.50 bits per heavy atom. The van der Waals surface area contributed by atoms with Crippen LogP contribution in [-0.4, -0.2) is 6.41 Å². The summed E-state index contributed by atoms with van der Waals surface area (Å²) in [4.78, 5) is 9.74. The van der Waals surface area contributed by atoms with Crippen LogP contribution in [-0.2, 0) is 4.79 Å². The maximum atomic E-state index is 9.74. The fourth-order valence-electron chi connectivity index (χ4n) is 0.556. The van der Waals surface area contributed by atoms with Crippen molar-refractivity contribution in [3.05, 3.63) is 30.4 Å². The average molecular weight is 137 g/mol. The molecule has 3 nitrogen and oxygen atoms in total. The highest BCUT2D eigenvalue weighted by Gasteiger charge is 1.83. The first-order valence-corrected chi connectivity index (χ1v) is 2.83. The molecule has 1 N–H and O–H groups in total. The van der Waals surface area contributed by atoms with Crippen LogP contribution in [0.4, 0.5) is 0 Å². The molecular formula is C7H7NO2. The molecule has 1 heterocycles. The Morgan fingerprint density at radius 1 is 1.60 bits per heavy atom. The van der Waals surface area contributed by atoms with Crippen molar-refractivity contribution >= 4 is 12.5 Å². The predicted molar refractivity (Wildman–Crippen MR) is 36.9 cm³/mol. The van der Waals surface area contributed by atoms with E-state index in [0.717, 1.165) is 0 Å². The number of hydrogen-bond acceptors (Lipinski definition) is 2. The molecule has 1 rings (SSSR count). The summed E-state index contributed by atoms with van der Waals surface area (Å²) in [5, 5.41) is 2.37. The molecule has 1 aromatic heterocycles. The first-order chi connectivity index (χ1) is 4.93. The summed E-state index contributed by atoms with van der Waals surface area (Å²) in [5.41, 5.74) is 0. The van der Waals surface area contributed by atoms with E-state index in [0.29, 0.717) is 12.2 Å². The first kappa shape index (κ1) is 6.61.